The smallest absolute Gasteiger partial charge is 0.261 e. The summed E-state index contributed by atoms with van der Waals surface area (Å²) in [4.78, 5) is 36.0. The lowest BCUT2D eigenvalue weighted by atomic mass is 10.2. The van der Waals surface area contributed by atoms with E-state index in [4.69, 9.17) is 4.74 Å². The number of carbonyl (C=O) groups excluding carboxylic acids is 1. The molecule has 2 aromatic heterocycles. The zero-order valence-electron chi connectivity index (χ0n) is 16.4. The Balaban J connectivity index is 1.38. The molecule has 3 heterocycles. The maximum Gasteiger partial charge on any atom is 0.261 e. The monoisotopic (exact) mass is 413 g/mol. The maximum atomic E-state index is 12.5. The summed E-state index contributed by atoms with van der Waals surface area (Å²) in [5, 5.41) is 5.75. The van der Waals surface area contributed by atoms with Crippen molar-refractivity contribution in [3.05, 3.63) is 52.0 Å². The number of rotatable bonds is 5. The van der Waals surface area contributed by atoms with E-state index >= 15 is 0 Å². The first-order valence-corrected chi connectivity index (χ1v) is 10.4. The number of amides is 1. The van der Waals surface area contributed by atoms with Gasteiger partial charge in [-0.25, -0.2) is 9.97 Å². The van der Waals surface area contributed by atoms with Crippen molar-refractivity contribution < 1.29 is 9.53 Å². The first-order valence-electron chi connectivity index (χ1n) is 9.54. The van der Waals surface area contributed by atoms with E-state index in [1.807, 2.05) is 11.4 Å². The first-order chi connectivity index (χ1) is 14.0. The summed E-state index contributed by atoms with van der Waals surface area (Å²) in [6.45, 7) is 6.48. The molecule has 1 aliphatic rings. The third-order valence-corrected chi connectivity index (χ3v) is 5.53. The second-order valence-electron chi connectivity index (χ2n) is 7.34. The summed E-state index contributed by atoms with van der Waals surface area (Å²) in [5.74, 6) is -0.307. The number of ether oxygens (including phenoxy) is 1. The van der Waals surface area contributed by atoms with Gasteiger partial charge in [-0.1, -0.05) is 12.1 Å². The number of benzene rings is 1. The molecule has 1 amide bonds. The lowest BCUT2D eigenvalue weighted by Gasteiger charge is -2.34. The van der Waals surface area contributed by atoms with Gasteiger partial charge in [-0.05, 0) is 26.0 Å². The minimum Gasteiger partial charge on any atom is -0.373 e. The van der Waals surface area contributed by atoms with Gasteiger partial charge in [0.05, 0.1) is 35.1 Å². The number of carbonyl (C=O) groups is 1. The van der Waals surface area contributed by atoms with E-state index in [1.165, 1.54) is 22.2 Å². The molecule has 2 unspecified atom stereocenters. The van der Waals surface area contributed by atoms with Crippen LogP contribution in [0.2, 0.25) is 0 Å². The third-order valence-electron chi connectivity index (χ3n) is 4.72. The van der Waals surface area contributed by atoms with Crippen LogP contribution in [0.25, 0.3) is 10.9 Å². The fraction of sp³-hybridized carbons (Fsp3) is 0.400. The summed E-state index contributed by atoms with van der Waals surface area (Å²) < 4.78 is 7.06. The molecule has 0 aliphatic carbocycles. The van der Waals surface area contributed by atoms with Gasteiger partial charge in [0.15, 0.2) is 5.13 Å². The van der Waals surface area contributed by atoms with Crippen molar-refractivity contribution in [3.8, 4) is 0 Å². The SMILES string of the molecule is CC1CN(Cc2csc(NC(=O)Cn3cnc4ccccc4c3=O)n2)CC(C)O1. The van der Waals surface area contributed by atoms with Crippen molar-refractivity contribution in [2.75, 3.05) is 18.4 Å². The zero-order valence-corrected chi connectivity index (χ0v) is 17.2. The van der Waals surface area contributed by atoms with E-state index in [0.717, 1.165) is 25.3 Å². The van der Waals surface area contributed by atoms with Crippen LogP contribution >= 0.6 is 11.3 Å². The Morgan fingerprint density at radius 1 is 1.28 bits per heavy atom. The maximum absolute atomic E-state index is 12.5. The molecule has 1 N–H and O–H groups in total. The van der Waals surface area contributed by atoms with E-state index in [2.05, 4.69) is 34.0 Å². The minimum absolute atomic E-state index is 0.107. The lowest BCUT2D eigenvalue weighted by molar-refractivity contribution is -0.116. The van der Waals surface area contributed by atoms with E-state index in [-0.39, 0.29) is 30.2 Å². The van der Waals surface area contributed by atoms with Crippen molar-refractivity contribution in [1.82, 2.24) is 19.4 Å². The third kappa shape index (κ3) is 4.69. The highest BCUT2D eigenvalue weighted by Gasteiger charge is 2.22. The molecule has 2 atom stereocenters. The summed E-state index contributed by atoms with van der Waals surface area (Å²) in [5.41, 5.74) is 1.29. The van der Waals surface area contributed by atoms with Gasteiger partial charge in [0.1, 0.15) is 6.54 Å². The number of anilines is 1. The van der Waals surface area contributed by atoms with Gasteiger partial charge < -0.3 is 10.1 Å². The minimum atomic E-state index is -0.307. The second-order valence-corrected chi connectivity index (χ2v) is 8.20. The van der Waals surface area contributed by atoms with Crippen molar-refractivity contribution in [3.63, 3.8) is 0 Å². The molecule has 1 fully saturated rings. The van der Waals surface area contributed by atoms with Gasteiger partial charge in [0, 0.05) is 25.0 Å². The quantitative estimate of drug-likeness (QED) is 0.689. The van der Waals surface area contributed by atoms with E-state index < -0.39 is 0 Å². The molecular weight excluding hydrogens is 390 g/mol. The zero-order chi connectivity index (χ0) is 20.4. The molecular formula is C20H23N5O3S. The molecule has 29 heavy (non-hydrogen) atoms. The summed E-state index contributed by atoms with van der Waals surface area (Å²) in [7, 11) is 0. The number of hydrogen-bond donors (Lipinski definition) is 1. The van der Waals surface area contributed by atoms with Crippen LogP contribution in [0.4, 0.5) is 5.13 Å². The second kappa shape index (κ2) is 8.40. The average Bonchev–Trinajstić information content (AvgIpc) is 3.10. The molecule has 3 aromatic rings. The molecule has 4 rings (SSSR count). The summed E-state index contributed by atoms with van der Waals surface area (Å²) in [6, 6.07) is 7.08. The predicted octanol–water partition coefficient (Wildman–Crippen LogP) is 2.10. The molecule has 1 aromatic carbocycles. The molecule has 152 valence electrons. The van der Waals surface area contributed by atoms with Gasteiger partial charge >= 0.3 is 0 Å². The fourth-order valence-corrected chi connectivity index (χ4v) is 4.33. The normalized spacial score (nSPS) is 20.1. The average molecular weight is 414 g/mol. The Bertz CT molecular complexity index is 1070. The fourth-order valence-electron chi connectivity index (χ4n) is 3.61. The molecule has 0 saturated carbocycles. The standard InChI is InChI=1S/C20H23N5O3S/c1-13-7-24(8-14(2)28-13)9-15-11-29-20(22-15)23-18(26)10-25-12-21-17-6-4-3-5-16(17)19(25)27/h3-6,11-14H,7-10H2,1-2H3,(H,22,23,26). The molecule has 0 radical (unpaired) electrons. The summed E-state index contributed by atoms with van der Waals surface area (Å²) in [6.07, 6.45) is 1.80. The number of thiazole rings is 1. The molecule has 9 heteroatoms. The van der Waals surface area contributed by atoms with Gasteiger partial charge in [-0.15, -0.1) is 11.3 Å². The van der Waals surface area contributed by atoms with E-state index in [1.54, 1.807) is 18.2 Å². The molecule has 0 bridgehead atoms. The largest absolute Gasteiger partial charge is 0.373 e. The van der Waals surface area contributed by atoms with Crippen LogP contribution < -0.4 is 10.9 Å². The number of para-hydroxylation sites is 1. The van der Waals surface area contributed by atoms with Gasteiger partial charge in [0.25, 0.3) is 5.56 Å². The Hall–Kier alpha value is -2.62. The van der Waals surface area contributed by atoms with E-state index in [0.29, 0.717) is 16.0 Å². The lowest BCUT2D eigenvalue weighted by Crippen LogP contribution is -2.44. The highest BCUT2D eigenvalue weighted by molar-refractivity contribution is 7.13. The number of nitrogens with zero attached hydrogens (tertiary/aromatic N) is 4. The van der Waals surface area contributed by atoms with Crippen LogP contribution in [0.3, 0.4) is 0 Å². The van der Waals surface area contributed by atoms with Crippen LogP contribution in [-0.2, 0) is 22.6 Å². The van der Waals surface area contributed by atoms with Crippen LogP contribution in [0.1, 0.15) is 19.5 Å². The Labute approximate surface area is 172 Å². The van der Waals surface area contributed by atoms with Crippen LogP contribution in [-0.4, -0.2) is 50.6 Å². The first kappa shape index (κ1) is 19.7. The van der Waals surface area contributed by atoms with Crippen molar-refractivity contribution in [2.45, 2.75) is 39.1 Å². The van der Waals surface area contributed by atoms with Crippen molar-refractivity contribution >= 4 is 33.3 Å². The predicted molar refractivity (Wildman–Crippen MR) is 112 cm³/mol. The van der Waals surface area contributed by atoms with Gasteiger partial charge in [-0.2, -0.15) is 0 Å². The molecule has 8 nitrogen and oxygen atoms in total. The topological polar surface area (TPSA) is 89.4 Å². The number of fused-ring (bicyclic) bond motifs is 1. The van der Waals surface area contributed by atoms with Crippen LogP contribution in [0, 0.1) is 0 Å². The van der Waals surface area contributed by atoms with Crippen LogP contribution in [0.15, 0.2) is 40.8 Å². The number of aromatic nitrogens is 3. The number of nitrogens with one attached hydrogen (secondary N) is 1. The number of morpholine rings is 1. The Morgan fingerprint density at radius 3 is 2.83 bits per heavy atom. The molecule has 0 spiro atoms. The molecule has 1 aliphatic heterocycles. The highest BCUT2D eigenvalue weighted by atomic mass is 32.1. The van der Waals surface area contributed by atoms with Crippen molar-refractivity contribution in [1.29, 1.82) is 0 Å². The van der Waals surface area contributed by atoms with Gasteiger partial charge in [0.2, 0.25) is 5.91 Å². The Morgan fingerprint density at radius 2 is 2.03 bits per heavy atom. The van der Waals surface area contributed by atoms with Crippen LogP contribution in [0.5, 0.6) is 0 Å². The number of hydrogen-bond acceptors (Lipinski definition) is 7. The Kier molecular flexibility index (Phi) is 5.70. The van der Waals surface area contributed by atoms with E-state index in [9.17, 15) is 9.59 Å². The molecule has 1 saturated heterocycles. The summed E-state index contributed by atoms with van der Waals surface area (Å²) >= 11 is 1.38. The van der Waals surface area contributed by atoms with Gasteiger partial charge in [-0.3, -0.25) is 19.1 Å². The highest BCUT2D eigenvalue weighted by Crippen LogP contribution is 2.19. The van der Waals surface area contributed by atoms with Crippen molar-refractivity contribution in [2.24, 2.45) is 0 Å².